The Labute approximate surface area is 152 Å². The van der Waals surface area contributed by atoms with Crippen molar-refractivity contribution >= 4 is 31.6 Å². The molecule has 2 rings (SSSR count). The number of hydrogen-bond donors (Lipinski definition) is 1. The van der Waals surface area contributed by atoms with Gasteiger partial charge < -0.3 is 5.11 Å². The molecule has 0 bridgehead atoms. The smallest absolute Gasteiger partial charge is 0.419 e. The molecule has 0 spiro atoms. The van der Waals surface area contributed by atoms with Gasteiger partial charge in [-0.2, -0.15) is 13.2 Å². The molecule has 0 aliphatic carbocycles. The third-order valence-electron chi connectivity index (χ3n) is 3.41. The highest BCUT2D eigenvalue weighted by Gasteiger charge is 2.36. The molecule has 25 heavy (non-hydrogen) atoms. The molecule has 9 heteroatoms. The molecule has 0 amide bonds. The van der Waals surface area contributed by atoms with Gasteiger partial charge >= 0.3 is 6.18 Å². The van der Waals surface area contributed by atoms with Crippen molar-refractivity contribution in [2.24, 2.45) is 0 Å². The first-order valence-electron chi connectivity index (χ1n) is 7.26. The van der Waals surface area contributed by atoms with E-state index in [-0.39, 0.29) is 6.54 Å². The number of nitrogens with zero attached hydrogens (tertiary/aromatic N) is 1. The molecular weight excluding hydrogens is 423 g/mol. The van der Waals surface area contributed by atoms with E-state index in [0.29, 0.717) is 22.6 Å². The number of halogens is 4. The molecule has 2 aromatic carbocycles. The Morgan fingerprint density at radius 1 is 1.16 bits per heavy atom. The number of benzene rings is 2. The lowest BCUT2D eigenvalue weighted by molar-refractivity contribution is -0.138. The van der Waals surface area contributed by atoms with E-state index in [1.54, 1.807) is 31.2 Å². The van der Waals surface area contributed by atoms with Crippen molar-refractivity contribution < 1.29 is 26.7 Å². The highest BCUT2D eigenvalue weighted by atomic mass is 79.9. The Bertz CT molecular complexity index is 869. The highest BCUT2D eigenvalue weighted by molar-refractivity contribution is 9.10. The second-order valence-electron chi connectivity index (χ2n) is 5.21. The molecule has 0 aliphatic heterocycles. The van der Waals surface area contributed by atoms with E-state index in [4.69, 9.17) is 0 Å². The lowest BCUT2D eigenvalue weighted by Crippen LogP contribution is -2.32. The number of hydrogen-bond acceptors (Lipinski definition) is 3. The first kappa shape index (κ1) is 19.6. The van der Waals surface area contributed by atoms with E-state index in [9.17, 15) is 26.7 Å². The number of aromatic hydroxyl groups is 1. The fraction of sp³-hybridized carbons (Fsp3) is 0.250. The Hall–Kier alpha value is -1.74. The second-order valence-corrected chi connectivity index (χ2v) is 7.92. The van der Waals surface area contributed by atoms with Crippen LogP contribution in [0, 0.1) is 0 Å². The zero-order valence-electron chi connectivity index (χ0n) is 13.1. The average Bonchev–Trinajstić information content (AvgIpc) is 2.52. The lowest BCUT2D eigenvalue weighted by atomic mass is 10.2. The summed E-state index contributed by atoms with van der Waals surface area (Å²) in [5, 5.41) is 9.40. The van der Waals surface area contributed by atoms with Gasteiger partial charge in [-0.15, -0.1) is 0 Å². The summed E-state index contributed by atoms with van der Waals surface area (Å²) >= 11 is 3.26. The highest BCUT2D eigenvalue weighted by Crippen LogP contribution is 2.38. The normalized spacial score (nSPS) is 12.2. The molecule has 4 nitrogen and oxygen atoms in total. The molecular formula is C16H15BrF3NO3S. The van der Waals surface area contributed by atoms with Crippen LogP contribution in [0.4, 0.5) is 18.9 Å². The third kappa shape index (κ3) is 4.09. The number of alkyl halides is 3. The molecule has 0 atom stereocenters. The summed E-state index contributed by atoms with van der Waals surface area (Å²) in [7, 11) is -4.25. The third-order valence-corrected chi connectivity index (χ3v) is 5.89. The topological polar surface area (TPSA) is 57.6 Å². The summed E-state index contributed by atoms with van der Waals surface area (Å²) in [5.41, 5.74) is -1.07. The van der Waals surface area contributed by atoms with Gasteiger partial charge in [-0.25, -0.2) is 8.42 Å². The molecule has 0 aromatic heterocycles. The van der Waals surface area contributed by atoms with E-state index in [0.717, 1.165) is 16.4 Å². The molecule has 0 heterocycles. The Kier molecular flexibility index (Phi) is 5.68. The largest absolute Gasteiger partial charge is 0.507 e. The molecule has 1 N–H and O–H groups in total. The van der Waals surface area contributed by atoms with Crippen molar-refractivity contribution in [2.75, 3.05) is 10.8 Å². The number of phenolic OH excluding ortho intramolecular Hbond substituents is 1. The summed E-state index contributed by atoms with van der Waals surface area (Å²) in [5.74, 6) is -1.02. The van der Waals surface area contributed by atoms with Crippen LogP contribution in [0.15, 0.2) is 51.8 Å². The van der Waals surface area contributed by atoms with Crippen molar-refractivity contribution in [1.82, 2.24) is 0 Å². The summed E-state index contributed by atoms with van der Waals surface area (Å²) in [6.45, 7) is 1.85. The van der Waals surface area contributed by atoms with Crippen LogP contribution in [0.2, 0.25) is 0 Å². The predicted molar refractivity (Wildman–Crippen MR) is 92.1 cm³/mol. The van der Waals surface area contributed by atoms with Crippen molar-refractivity contribution in [3.63, 3.8) is 0 Å². The fourth-order valence-corrected chi connectivity index (χ4v) is 4.48. The Morgan fingerprint density at radius 3 is 2.36 bits per heavy atom. The van der Waals surface area contributed by atoms with Crippen LogP contribution in [0.5, 0.6) is 5.75 Å². The van der Waals surface area contributed by atoms with Gasteiger partial charge in [-0.1, -0.05) is 19.1 Å². The van der Waals surface area contributed by atoms with Crippen LogP contribution in [-0.4, -0.2) is 20.1 Å². The summed E-state index contributed by atoms with van der Waals surface area (Å²) in [6.07, 6.45) is -4.40. The van der Waals surface area contributed by atoms with E-state index in [1.165, 1.54) is 0 Å². The van der Waals surface area contributed by atoms with Crippen LogP contribution < -0.4 is 4.31 Å². The van der Waals surface area contributed by atoms with Crippen molar-refractivity contribution in [3.05, 3.63) is 52.5 Å². The number of phenols is 1. The Morgan fingerprint density at radius 2 is 1.80 bits per heavy atom. The van der Waals surface area contributed by atoms with E-state index in [2.05, 4.69) is 15.9 Å². The maximum atomic E-state index is 13.0. The fourth-order valence-electron chi connectivity index (χ4n) is 2.26. The SMILES string of the molecule is CCCN(c1ccccc1Br)S(=O)(=O)c1ccc(O)c(C(F)(F)F)c1. The van der Waals surface area contributed by atoms with Gasteiger partial charge in [0.05, 0.1) is 16.1 Å². The van der Waals surface area contributed by atoms with Crippen molar-refractivity contribution in [2.45, 2.75) is 24.4 Å². The standard InChI is InChI=1S/C16H15BrF3NO3S/c1-2-9-21(14-6-4-3-5-13(14)17)25(23,24)11-7-8-15(22)12(10-11)16(18,19)20/h3-8,10,22H,2,9H2,1H3. The van der Waals surface area contributed by atoms with E-state index >= 15 is 0 Å². The van der Waals surface area contributed by atoms with Gasteiger partial charge in [0.15, 0.2) is 0 Å². The molecule has 0 saturated heterocycles. The average molecular weight is 438 g/mol. The number of para-hydroxylation sites is 1. The predicted octanol–water partition coefficient (Wildman–Crippen LogP) is 4.78. The second kappa shape index (κ2) is 7.25. The van der Waals surface area contributed by atoms with Gasteiger partial charge in [0.1, 0.15) is 5.75 Å². The first-order valence-corrected chi connectivity index (χ1v) is 9.49. The monoisotopic (exact) mass is 437 g/mol. The lowest BCUT2D eigenvalue weighted by Gasteiger charge is -2.25. The van der Waals surface area contributed by atoms with E-state index < -0.39 is 32.4 Å². The van der Waals surface area contributed by atoms with Crippen LogP contribution in [0.3, 0.4) is 0 Å². The van der Waals surface area contributed by atoms with Crippen molar-refractivity contribution in [1.29, 1.82) is 0 Å². The minimum atomic E-state index is -4.86. The molecule has 0 unspecified atom stereocenters. The van der Waals surface area contributed by atoms with Gasteiger partial charge in [-0.05, 0) is 52.7 Å². The zero-order chi connectivity index (χ0) is 18.8. The van der Waals surface area contributed by atoms with Gasteiger partial charge in [-0.3, -0.25) is 4.31 Å². The minimum Gasteiger partial charge on any atom is -0.507 e. The molecule has 0 fully saturated rings. The maximum absolute atomic E-state index is 13.0. The van der Waals surface area contributed by atoms with Crippen LogP contribution in [0.1, 0.15) is 18.9 Å². The Balaban J connectivity index is 2.61. The van der Waals surface area contributed by atoms with Crippen LogP contribution in [0.25, 0.3) is 0 Å². The first-order chi connectivity index (χ1) is 11.6. The molecule has 136 valence electrons. The molecule has 0 aliphatic rings. The summed E-state index contributed by atoms with van der Waals surface area (Å²) < 4.78 is 66.3. The van der Waals surface area contributed by atoms with Gasteiger partial charge in [0.2, 0.25) is 0 Å². The van der Waals surface area contributed by atoms with Gasteiger partial charge in [0.25, 0.3) is 10.0 Å². The number of anilines is 1. The summed E-state index contributed by atoms with van der Waals surface area (Å²) in [4.78, 5) is -0.540. The van der Waals surface area contributed by atoms with Crippen LogP contribution in [-0.2, 0) is 16.2 Å². The summed E-state index contributed by atoms with van der Waals surface area (Å²) in [6, 6.07) is 8.68. The van der Waals surface area contributed by atoms with E-state index in [1.807, 2.05) is 0 Å². The zero-order valence-corrected chi connectivity index (χ0v) is 15.5. The van der Waals surface area contributed by atoms with Crippen LogP contribution >= 0.6 is 15.9 Å². The number of sulfonamides is 1. The van der Waals surface area contributed by atoms with Crippen molar-refractivity contribution in [3.8, 4) is 5.75 Å². The quantitative estimate of drug-likeness (QED) is 0.731. The minimum absolute atomic E-state index is 0.0905. The molecule has 2 aromatic rings. The van der Waals surface area contributed by atoms with Gasteiger partial charge in [0, 0.05) is 11.0 Å². The molecule has 0 radical (unpaired) electrons. The number of rotatable bonds is 5. The molecule has 0 saturated carbocycles. The maximum Gasteiger partial charge on any atom is 0.419 e.